The van der Waals surface area contributed by atoms with Gasteiger partial charge in [-0.25, -0.2) is 4.79 Å². The molecule has 1 aromatic heterocycles. The number of carbonyl (C=O) groups excluding carboxylic acids is 1. The van der Waals surface area contributed by atoms with Crippen molar-refractivity contribution in [1.29, 1.82) is 0 Å². The van der Waals surface area contributed by atoms with Crippen molar-refractivity contribution >= 4 is 22.8 Å². The Labute approximate surface area is 244 Å². The lowest BCUT2D eigenvalue weighted by Gasteiger charge is -2.17. The van der Waals surface area contributed by atoms with Crippen molar-refractivity contribution in [2.24, 2.45) is 0 Å². The van der Waals surface area contributed by atoms with Crippen LogP contribution in [-0.4, -0.2) is 21.6 Å². The van der Waals surface area contributed by atoms with Crippen LogP contribution in [0.1, 0.15) is 44.8 Å². The van der Waals surface area contributed by atoms with Crippen molar-refractivity contribution in [3.63, 3.8) is 0 Å². The van der Waals surface area contributed by atoms with Crippen LogP contribution in [0.25, 0.3) is 33.2 Å². The summed E-state index contributed by atoms with van der Waals surface area (Å²) in [5.41, 5.74) is 7.95. The molecule has 0 saturated heterocycles. The number of rotatable bonds is 8. The maximum absolute atomic E-state index is 13.9. The Hall–Kier alpha value is -5.42. The Kier molecular flexibility index (Phi) is 7.39. The number of aromatic carboxylic acids is 1. The van der Waals surface area contributed by atoms with E-state index >= 15 is 0 Å². The van der Waals surface area contributed by atoms with Gasteiger partial charge in [-0.1, -0.05) is 91.0 Å². The van der Waals surface area contributed by atoms with Gasteiger partial charge in [0.25, 0.3) is 5.91 Å². The van der Waals surface area contributed by atoms with Gasteiger partial charge >= 0.3 is 5.97 Å². The van der Waals surface area contributed by atoms with E-state index in [1.165, 1.54) is 0 Å². The zero-order valence-corrected chi connectivity index (χ0v) is 23.2. The Morgan fingerprint density at radius 2 is 1.36 bits per heavy atom. The molecule has 206 valence electrons. The van der Waals surface area contributed by atoms with E-state index in [-0.39, 0.29) is 17.5 Å². The molecule has 2 N–H and O–H groups in total. The fraction of sp³-hybridized carbons (Fsp3) is 0.0811. The van der Waals surface area contributed by atoms with Gasteiger partial charge in [0.2, 0.25) is 0 Å². The molecule has 6 aromatic rings. The lowest BCUT2D eigenvalue weighted by Crippen LogP contribution is -2.27. The zero-order chi connectivity index (χ0) is 29.1. The van der Waals surface area contributed by atoms with E-state index in [1.54, 1.807) is 24.3 Å². The largest absolute Gasteiger partial charge is 0.478 e. The molecule has 1 heterocycles. The summed E-state index contributed by atoms with van der Waals surface area (Å²) in [6, 6.07) is 41.3. The Bertz CT molecular complexity index is 1870. The van der Waals surface area contributed by atoms with Gasteiger partial charge in [-0.3, -0.25) is 4.79 Å². The molecule has 0 aliphatic carbocycles. The maximum atomic E-state index is 13.9. The normalized spacial score (nSPS) is 11.7. The van der Waals surface area contributed by atoms with Crippen molar-refractivity contribution in [3.8, 4) is 22.3 Å². The summed E-state index contributed by atoms with van der Waals surface area (Å²) in [7, 11) is 0. The lowest BCUT2D eigenvalue weighted by molar-refractivity contribution is 0.0696. The van der Waals surface area contributed by atoms with Crippen LogP contribution < -0.4 is 5.32 Å². The number of hydrogen-bond donors (Lipinski definition) is 2. The molecule has 5 heteroatoms. The van der Waals surface area contributed by atoms with Gasteiger partial charge < -0.3 is 15.0 Å². The predicted octanol–water partition coefficient (Wildman–Crippen LogP) is 8.21. The number of fused-ring (bicyclic) bond motifs is 1. The number of nitrogens with zero attached hydrogens (tertiary/aromatic N) is 1. The molecule has 0 saturated carbocycles. The van der Waals surface area contributed by atoms with E-state index in [1.807, 2.05) is 67.7 Å². The van der Waals surface area contributed by atoms with Gasteiger partial charge in [0.15, 0.2) is 0 Å². The highest BCUT2D eigenvalue weighted by Crippen LogP contribution is 2.30. The Morgan fingerprint density at radius 1 is 0.714 bits per heavy atom. The van der Waals surface area contributed by atoms with E-state index in [4.69, 9.17) is 0 Å². The average molecular weight is 551 g/mol. The summed E-state index contributed by atoms with van der Waals surface area (Å²) in [6.45, 7) is 2.52. The number of carbonyl (C=O) groups is 2. The molecule has 5 aromatic carbocycles. The predicted molar refractivity (Wildman–Crippen MR) is 168 cm³/mol. The molecular formula is C37H30N2O3. The van der Waals surface area contributed by atoms with Gasteiger partial charge in [-0.15, -0.1) is 0 Å². The lowest BCUT2D eigenvalue weighted by atomic mass is 9.99. The van der Waals surface area contributed by atoms with Crippen LogP contribution in [0.2, 0.25) is 0 Å². The summed E-state index contributed by atoms with van der Waals surface area (Å²) in [5.74, 6) is -1.17. The van der Waals surface area contributed by atoms with E-state index in [9.17, 15) is 14.7 Å². The molecule has 0 aliphatic rings. The third-order valence-electron chi connectivity index (χ3n) is 7.60. The van der Waals surface area contributed by atoms with Gasteiger partial charge in [0.1, 0.15) is 0 Å². The number of aromatic nitrogens is 1. The molecule has 6 rings (SSSR count). The quantitative estimate of drug-likeness (QED) is 0.201. The number of carboxylic acids is 1. The van der Waals surface area contributed by atoms with Crippen molar-refractivity contribution < 1.29 is 14.7 Å². The second-order valence-corrected chi connectivity index (χ2v) is 10.5. The first kappa shape index (κ1) is 26.8. The summed E-state index contributed by atoms with van der Waals surface area (Å²) in [5, 5.41) is 13.4. The van der Waals surface area contributed by atoms with Crippen LogP contribution in [0.5, 0.6) is 0 Å². The third kappa shape index (κ3) is 5.58. The van der Waals surface area contributed by atoms with Gasteiger partial charge in [-0.05, 0) is 76.7 Å². The zero-order valence-electron chi connectivity index (χ0n) is 23.2. The number of hydrogen-bond acceptors (Lipinski definition) is 2. The maximum Gasteiger partial charge on any atom is 0.335 e. The molecular weight excluding hydrogens is 520 g/mol. The smallest absolute Gasteiger partial charge is 0.335 e. The van der Waals surface area contributed by atoms with E-state index in [0.717, 1.165) is 44.3 Å². The molecule has 1 atom stereocenters. The van der Waals surface area contributed by atoms with E-state index in [0.29, 0.717) is 12.1 Å². The van der Waals surface area contributed by atoms with Crippen LogP contribution in [0.15, 0.2) is 134 Å². The van der Waals surface area contributed by atoms with Crippen LogP contribution in [0.3, 0.4) is 0 Å². The van der Waals surface area contributed by atoms with Crippen LogP contribution in [-0.2, 0) is 6.54 Å². The number of carboxylic acid groups (broad SMARTS) is 1. The highest BCUT2D eigenvalue weighted by molar-refractivity contribution is 6.08. The molecule has 0 unspecified atom stereocenters. The van der Waals surface area contributed by atoms with Crippen LogP contribution >= 0.6 is 0 Å². The first-order chi connectivity index (χ1) is 20.5. The summed E-state index contributed by atoms with van der Waals surface area (Å²) >= 11 is 0. The van der Waals surface area contributed by atoms with Gasteiger partial charge in [0, 0.05) is 18.1 Å². The first-order valence-corrected chi connectivity index (χ1v) is 13.9. The van der Waals surface area contributed by atoms with Crippen molar-refractivity contribution in [3.05, 3.63) is 156 Å². The fourth-order valence-electron chi connectivity index (χ4n) is 5.40. The molecule has 42 heavy (non-hydrogen) atoms. The summed E-state index contributed by atoms with van der Waals surface area (Å²) in [4.78, 5) is 25.2. The molecule has 5 nitrogen and oxygen atoms in total. The van der Waals surface area contributed by atoms with Crippen LogP contribution in [0.4, 0.5) is 0 Å². The standard InChI is InChI=1S/C37H30N2O3/c1-25(27-15-17-30(18-16-27)37(41)42)38-36(40)34-23-33(29-12-6-3-7-13-29)22-32-19-20-39(35(32)34)24-26-9-8-14-31(21-26)28-10-4-2-5-11-28/h2-23,25H,24H2,1H3,(H,38,40)(H,41,42)/t25-/m0/s1. The number of amides is 1. The number of benzene rings is 5. The highest BCUT2D eigenvalue weighted by atomic mass is 16.4. The minimum Gasteiger partial charge on any atom is -0.478 e. The van der Waals surface area contributed by atoms with Gasteiger partial charge in [0.05, 0.1) is 22.7 Å². The summed E-state index contributed by atoms with van der Waals surface area (Å²) in [6.07, 6.45) is 2.04. The van der Waals surface area contributed by atoms with Gasteiger partial charge in [-0.2, -0.15) is 0 Å². The fourth-order valence-corrected chi connectivity index (χ4v) is 5.40. The van der Waals surface area contributed by atoms with Crippen molar-refractivity contribution in [2.45, 2.75) is 19.5 Å². The van der Waals surface area contributed by atoms with Crippen LogP contribution in [0, 0.1) is 0 Å². The molecule has 0 aliphatic heterocycles. The molecule has 0 radical (unpaired) electrons. The highest BCUT2D eigenvalue weighted by Gasteiger charge is 2.19. The molecule has 0 spiro atoms. The Morgan fingerprint density at radius 3 is 2.02 bits per heavy atom. The molecule has 0 bridgehead atoms. The molecule has 0 fully saturated rings. The minimum atomic E-state index is -0.978. The monoisotopic (exact) mass is 550 g/mol. The number of nitrogens with one attached hydrogen (secondary N) is 1. The average Bonchev–Trinajstić information content (AvgIpc) is 3.44. The topological polar surface area (TPSA) is 71.3 Å². The first-order valence-electron chi connectivity index (χ1n) is 13.9. The second-order valence-electron chi connectivity index (χ2n) is 10.5. The minimum absolute atomic E-state index is 0.189. The van der Waals surface area contributed by atoms with Crippen molar-refractivity contribution in [2.75, 3.05) is 0 Å². The second kappa shape index (κ2) is 11.6. The summed E-state index contributed by atoms with van der Waals surface area (Å²) < 4.78 is 2.13. The SMILES string of the molecule is C[C@H](NC(=O)c1cc(-c2ccccc2)cc2ccn(Cc3cccc(-c4ccccc4)c3)c12)c1ccc(C(=O)O)cc1. The van der Waals surface area contributed by atoms with E-state index < -0.39 is 5.97 Å². The van der Waals surface area contributed by atoms with E-state index in [2.05, 4.69) is 58.4 Å². The molecule has 1 amide bonds. The third-order valence-corrected chi connectivity index (χ3v) is 7.60. The Balaban J connectivity index is 1.37. The van der Waals surface area contributed by atoms with Crippen molar-refractivity contribution in [1.82, 2.24) is 9.88 Å².